The molecule has 0 bridgehead atoms. The lowest BCUT2D eigenvalue weighted by molar-refractivity contribution is -0.645. The van der Waals surface area contributed by atoms with Gasteiger partial charge in [-0.05, 0) is 29.8 Å². The molecule has 3 nitrogen and oxygen atoms in total. The standard InChI is InChI=1S/C17H19N2O/c1-18-13-19(17-6-4-3-5-16(17)18)12-11-14-7-9-15(20-2)10-8-14/h3-10,13H,11-12H2,1-2H3/q+1. The second-order valence-corrected chi connectivity index (χ2v) is 5.01. The predicted molar refractivity (Wildman–Crippen MR) is 79.8 cm³/mol. The van der Waals surface area contributed by atoms with E-state index in [1.807, 2.05) is 12.1 Å². The Kier molecular flexibility index (Phi) is 3.42. The number of fused-ring (bicyclic) bond motifs is 1. The van der Waals surface area contributed by atoms with Crippen LogP contribution < -0.4 is 9.30 Å². The molecule has 0 aliphatic rings. The number of para-hydroxylation sites is 2. The third kappa shape index (κ3) is 2.39. The summed E-state index contributed by atoms with van der Waals surface area (Å²) >= 11 is 0. The number of hydrogen-bond donors (Lipinski definition) is 0. The van der Waals surface area contributed by atoms with Gasteiger partial charge < -0.3 is 4.74 Å². The van der Waals surface area contributed by atoms with Crippen LogP contribution in [0.3, 0.4) is 0 Å². The third-order valence-corrected chi connectivity index (χ3v) is 3.68. The molecule has 0 aliphatic carbocycles. The van der Waals surface area contributed by atoms with E-state index < -0.39 is 0 Å². The molecule has 0 saturated heterocycles. The minimum absolute atomic E-state index is 0.909. The summed E-state index contributed by atoms with van der Waals surface area (Å²) in [6.45, 7) is 0.980. The fourth-order valence-electron chi connectivity index (χ4n) is 2.56. The molecule has 0 aliphatic heterocycles. The summed E-state index contributed by atoms with van der Waals surface area (Å²) in [4.78, 5) is 0. The fourth-order valence-corrected chi connectivity index (χ4v) is 2.56. The van der Waals surface area contributed by atoms with Crippen LogP contribution in [0.15, 0.2) is 54.9 Å². The van der Waals surface area contributed by atoms with Crippen molar-refractivity contribution in [2.45, 2.75) is 13.0 Å². The first kappa shape index (κ1) is 12.7. The van der Waals surface area contributed by atoms with Crippen molar-refractivity contribution in [3.63, 3.8) is 0 Å². The highest BCUT2D eigenvalue weighted by molar-refractivity contribution is 5.71. The molecule has 2 aromatic carbocycles. The van der Waals surface area contributed by atoms with Crippen molar-refractivity contribution < 1.29 is 9.30 Å². The van der Waals surface area contributed by atoms with Gasteiger partial charge in [-0.25, -0.2) is 9.13 Å². The zero-order chi connectivity index (χ0) is 13.9. The Morgan fingerprint density at radius 1 is 1.05 bits per heavy atom. The zero-order valence-electron chi connectivity index (χ0n) is 11.9. The quantitative estimate of drug-likeness (QED) is 0.665. The van der Waals surface area contributed by atoms with E-state index in [0.29, 0.717) is 0 Å². The minimum atomic E-state index is 0.909. The number of benzene rings is 2. The predicted octanol–water partition coefficient (Wildman–Crippen LogP) is 2.72. The van der Waals surface area contributed by atoms with Crippen molar-refractivity contribution in [1.82, 2.24) is 4.57 Å². The van der Waals surface area contributed by atoms with Gasteiger partial charge in [0.25, 0.3) is 0 Å². The van der Waals surface area contributed by atoms with Crippen molar-refractivity contribution in [1.29, 1.82) is 0 Å². The van der Waals surface area contributed by atoms with Crippen LogP contribution in [0.5, 0.6) is 5.75 Å². The number of rotatable bonds is 4. The number of imidazole rings is 1. The molecule has 0 saturated carbocycles. The summed E-state index contributed by atoms with van der Waals surface area (Å²) in [5, 5.41) is 0. The lowest BCUT2D eigenvalue weighted by Gasteiger charge is -2.02. The van der Waals surface area contributed by atoms with E-state index in [4.69, 9.17) is 4.74 Å². The lowest BCUT2D eigenvalue weighted by Crippen LogP contribution is -2.25. The summed E-state index contributed by atoms with van der Waals surface area (Å²) in [7, 11) is 3.78. The molecule has 0 spiro atoms. The number of aromatic nitrogens is 2. The summed E-state index contributed by atoms with van der Waals surface area (Å²) in [6, 6.07) is 16.8. The summed E-state index contributed by atoms with van der Waals surface area (Å²) < 4.78 is 9.66. The number of methoxy groups -OCH3 is 1. The molecule has 0 N–H and O–H groups in total. The van der Waals surface area contributed by atoms with Crippen LogP contribution in [-0.4, -0.2) is 11.7 Å². The molecule has 3 aromatic rings. The zero-order valence-corrected chi connectivity index (χ0v) is 11.9. The van der Waals surface area contributed by atoms with Gasteiger partial charge in [0.05, 0.1) is 20.7 Å². The van der Waals surface area contributed by atoms with Gasteiger partial charge in [-0.1, -0.05) is 24.3 Å². The first-order chi connectivity index (χ1) is 9.78. The number of nitrogens with zero attached hydrogens (tertiary/aromatic N) is 2. The van der Waals surface area contributed by atoms with Gasteiger partial charge in [0, 0.05) is 6.42 Å². The average Bonchev–Trinajstić information content (AvgIpc) is 2.83. The molecule has 102 valence electrons. The highest BCUT2D eigenvalue weighted by Crippen LogP contribution is 2.14. The van der Waals surface area contributed by atoms with Crippen molar-refractivity contribution in [3.8, 4) is 5.75 Å². The average molecular weight is 267 g/mol. The summed E-state index contributed by atoms with van der Waals surface area (Å²) in [5.41, 5.74) is 3.87. The van der Waals surface area contributed by atoms with E-state index in [2.05, 4.69) is 58.9 Å². The Labute approximate surface area is 119 Å². The first-order valence-corrected chi connectivity index (χ1v) is 6.84. The second kappa shape index (κ2) is 5.37. The van der Waals surface area contributed by atoms with Crippen molar-refractivity contribution >= 4 is 11.0 Å². The first-order valence-electron chi connectivity index (χ1n) is 6.84. The largest absolute Gasteiger partial charge is 0.497 e. The SMILES string of the molecule is COc1ccc(CCn2c[n+](C)c3ccccc32)cc1. The maximum atomic E-state index is 5.18. The molecular formula is C17H19N2O+. The number of ether oxygens (including phenoxy) is 1. The van der Waals surface area contributed by atoms with E-state index in [1.165, 1.54) is 16.6 Å². The molecule has 3 rings (SSSR count). The van der Waals surface area contributed by atoms with Crippen LogP contribution in [0.1, 0.15) is 5.56 Å². The monoisotopic (exact) mass is 267 g/mol. The third-order valence-electron chi connectivity index (χ3n) is 3.68. The maximum absolute atomic E-state index is 5.18. The fraction of sp³-hybridized carbons (Fsp3) is 0.235. The van der Waals surface area contributed by atoms with E-state index in [9.17, 15) is 0 Å². The van der Waals surface area contributed by atoms with E-state index in [0.717, 1.165) is 18.7 Å². The van der Waals surface area contributed by atoms with Crippen LogP contribution in [-0.2, 0) is 20.0 Å². The van der Waals surface area contributed by atoms with Crippen molar-refractivity contribution in [2.24, 2.45) is 7.05 Å². The van der Waals surface area contributed by atoms with Gasteiger partial charge in [-0.2, -0.15) is 0 Å². The summed E-state index contributed by atoms with van der Waals surface area (Å²) in [6.07, 6.45) is 3.18. The van der Waals surface area contributed by atoms with Gasteiger partial charge >= 0.3 is 0 Å². The molecule has 0 radical (unpaired) electrons. The Balaban J connectivity index is 1.79. The highest BCUT2D eigenvalue weighted by atomic mass is 16.5. The lowest BCUT2D eigenvalue weighted by atomic mass is 10.1. The molecule has 3 heteroatoms. The van der Waals surface area contributed by atoms with Crippen LogP contribution >= 0.6 is 0 Å². The Morgan fingerprint density at radius 2 is 1.80 bits per heavy atom. The molecule has 1 heterocycles. The van der Waals surface area contributed by atoms with E-state index in [-0.39, 0.29) is 0 Å². The molecule has 0 atom stereocenters. The highest BCUT2D eigenvalue weighted by Gasteiger charge is 2.11. The van der Waals surface area contributed by atoms with Crippen LogP contribution in [0, 0.1) is 0 Å². The van der Waals surface area contributed by atoms with Crippen LogP contribution in [0.4, 0.5) is 0 Å². The molecule has 1 aromatic heterocycles. The second-order valence-electron chi connectivity index (χ2n) is 5.01. The molecular weight excluding hydrogens is 248 g/mol. The van der Waals surface area contributed by atoms with Gasteiger partial charge in [-0.3, -0.25) is 0 Å². The number of hydrogen-bond acceptors (Lipinski definition) is 1. The molecule has 0 fully saturated rings. The minimum Gasteiger partial charge on any atom is -0.497 e. The maximum Gasteiger partial charge on any atom is 0.244 e. The van der Waals surface area contributed by atoms with Gasteiger partial charge in [0.15, 0.2) is 11.0 Å². The molecule has 20 heavy (non-hydrogen) atoms. The normalized spacial score (nSPS) is 10.9. The van der Waals surface area contributed by atoms with Gasteiger partial charge in [0.1, 0.15) is 5.75 Å². The van der Waals surface area contributed by atoms with Gasteiger partial charge in [0.2, 0.25) is 6.33 Å². The molecule has 0 amide bonds. The Bertz CT molecular complexity index is 713. The van der Waals surface area contributed by atoms with Crippen molar-refractivity contribution in [2.75, 3.05) is 7.11 Å². The Morgan fingerprint density at radius 3 is 2.55 bits per heavy atom. The van der Waals surface area contributed by atoms with Crippen LogP contribution in [0.2, 0.25) is 0 Å². The smallest absolute Gasteiger partial charge is 0.244 e. The topological polar surface area (TPSA) is 18.0 Å². The van der Waals surface area contributed by atoms with Crippen molar-refractivity contribution in [3.05, 3.63) is 60.4 Å². The Hall–Kier alpha value is -2.29. The molecule has 0 unspecified atom stereocenters. The van der Waals surface area contributed by atoms with E-state index in [1.54, 1.807) is 7.11 Å². The van der Waals surface area contributed by atoms with Crippen LogP contribution in [0.25, 0.3) is 11.0 Å². The van der Waals surface area contributed by atoms with E-state index >= 15 is 0 Å². The van der Waals surface area contributed by atoms with Gasteiger partial charge in [-0.15, -0.1) is 0 Å². The summed E-state index contributed by atoms with van der Waals surface area (Å²) in [5.74, 6) is 0.909. The number of aryl methyl sites for hydroxylation is 3.